The number of aryl methyl sites for hydroxylation is 2. The molecule has 0 spiro atoms. The number of nitrogens with zero attached hydrogens (tertiary/aromatic N) is 4. The van der Waals surface area contributed by atoms with Crippen LogP contribution in [0.15, 0.2) is 76.7 Å². The summed E-state index contributed by atoms with van der Waals surface area (Å²) in [6.45, 7) is 3.99. The van der Waals surface area contributed by atoms with Crippen molar-refractivity contribution in [3.8, 4) is 5.69 Å². The Morgan fingerprint density at radius 2 is 1.76 bits per heavy atom. The van der Waals surface area contributed by atoms with Crippen molar-refractivity contribution in [2.75, 3.05) is 7.11 Å². The van der Waals surface area contributed by atoms with E-state index in [1.165, 1.54) is 18.9 Å². The number of aromatic nitrogens is 4. The summed E-state index contributed by atoms with van der Waals surface area (Å²) in [5.74, 6) is 0.735. The van der Waals surface area contributed by atoms with Crippen molar-refractivity contribution in [2.45, 2.75) is 24.8 Å². The molecule has 7 nitrogen and oxygen atoms in total. The highest BCUT2D eigenvalue weighted by atomic mass is 32.2. The fraction of sp³-hybridized carbons (Fsp3) is 0.154. The second kappa shape index (κ2) is 8.79. The quantitative estimate of drug-likeness (QED) is 0.273. The number of carbonyl (C=O) groups is 1. The van der Waals surface area contributed by atoms with Gasteiger partial charge in [-0.2, -0.15) is 0 Å². The van der Waals surface area contributed by atoms with Crippen LogP contribution in [0.1, 0.15) is 27.0 Å². The third-order valence-electron chi connectivity index (χ3n) is 5.74. The molecule has 0 aliphatic carbocycles. The molecule has 0 saturated carbocycles. The van der Waals surface area contributed by atoms with Gasteiger partial charge in [-0.15, -0.1) is 10.2 Å². The Morgan fingerprint density at radius 1 is 1.00 bits per heavy atom. The number of fused-ring (bicyclic) bond motifs is 3. The van der Waals surface area contributed by atoms with E-state index < -0.39 is 0 Å². The zero-order valence-corrected chi connectivity index (χ0v) is 19.8. The SMILES string of the molecule is COC(=O)c1ccc(CSc2nnc3n(-c4cc(C)ccc4C)c(=O)c4ccccc4n23)cc1. The Bertz CT molecular complexity index is 1600. The van der Waals surface area contributed by atoms with Crippen molar-refractivity contribution < 1.29 is 9.53 Å². The fourth-order valence-corrected chi connectivity index (χ4v) is 4.85. The van der Waals surface area contributed by atoms with E-state index in [1.54, 1.807) is 16.7 Å². The van der Waals surface area contributed by atoms with Gasteiger partial charge in [0.15, 0.2) is 5.16 Å². The average Bonchev–Trinajstić information content (AvgIpc) is 3.28. The van der Waals surface area contributed by atoms with Gasteiger partial charge in [0.1, 0.15) is 0 Å². The predicted molar refractivity (Wildman–Crippen MR) is 133 cm³/mol. The lowest BCUT2D eigenvalue weighted by Crippen LogP contribution is -2.22. The molecule has 0 atom stereocenters. The summed E-state index contributed by atoms with van der Waals surface area (Å²) in [6, 6.07) is 20.8. The topological polar surface area (TPSA) is 78.5 Å². The van der Waals surface area contributed by atoms with E-state index in [-0.39, 0.29) is 11.5 Å². The number of benzene rings is 3. The molecule has 0 fully saturated rings. The molecule has 8 heteroatoms. The van der Waals surface area contributed by atoms with Crippen molar-refractivity contribution in [3.63, 3.8) is 0 Å². The van der Waals surface area contributed by atoms with Crippen LogP contribution in [-0.2, 0) is 10.5 Å². The van der Waals surface area contributed by atoms with Gasteiger partial charge in [0, 0.05) is 5.75 Å². The largest absolute Gasteiger partial charge is 0.465 e. The molecule has 0 aliphatic rings. The van der Waals surface area contributed by atoms with E-state index in [1.807, 2.05) is 72.8 Å². The zero-order valence-electron chi connectivity index (χ0n) is 19.0. The molecule has 2 heterocycles. The zero-order chi connectivity index (χ0) is 23.8. The van der Waals surface area contributed by atoms with Gasteiger partial charge in [0.2, 0.25) is 5.78 Å². The number of para-hydroxylation sites is 1. The van der Waals surface area contributed by atoms with Crippen LogP contribution in [0, 0.1) is 13.8 Å². The Morgan fingerprint density at radius 3 is 2.53 bits per heavy atom. The first-order valence-corrected chi connectivity index (χ1v) is 11.7. The summed E-state index contributed by atoms with van der Waals surface area (Å²) >= 11 is 1.52. The minimum Gasteiger partial charge on any atom is -0.465 e. The molecule has 0 N–H and O–H groups in total. The summed E-state index contributed by atoms with van der Waals surface area (Å²) < 4.78 is 8.35. The number of thioether (sulfide) groups is 1. The Labute approximate surface area is 200 Å². The first-order chi connectivity index (χ1) is 16.5. The van der Waals surface area contributed by atoms with Gasteiger partial charge in [-0.3, -0.25) is 9.20 Å². The molecule has 5 aromatic rings. The molecule has 0 radical (unpaired) electrons. The number of carbonyl (C=O) groups excluding carboxylic acids is 1. The number of esters is 1. The summed E-state index contributed by atoms with van der Waals surface area (Å²) in [4.78, 5) is 25.2. The van der Waals surface area contributed by atoms with Crippen LogP contribution >= 0.6 is 11.8 Å². The van der Waals surface area contributed by atoms with E-state index in [0.717, 1.165) is 27.9 Å². The third-order valence-corrected chi connectivity index (χ3v) is 6.74. The van der Waals surface area contributed by atoms with Gasteiger partial charge in [0.25, 0.3) is 5.56 Å². The maximum Gasteiger partial charge on any atom is 0.337 e. The number of rotatable bonds is 5. The van der Waals surface area contributed by atoms with Crippen molar-refractivity contribution in [1.29, 1.82) is 0 Å². The fourth-order valence-electron chi connectivity index (χ4n) is 3.95. The number of hydrogen-bond donors (Lipinski definition) is 0. The van der Waals surface area contributed by atoms with Crippen LogP contribution < -0.4 is 5.56 Å². The van der Waals surface area contributed by atoms with Crippen LogP contribution in [-0.4, -0.2) is 32.2 Å². The molecular weight excluding hydrogens is 448 g/mol. The molecule has 0 aliphatic heterocycles. The van der Waals surface area contributed by atoms with E-state index >= 15 is 0 Å². The molecule has 5 rings (SSSR count). The molecule has 34 heavy (non-hydrogen) atoms. The molecule has 0 unspecified atom stereocenters. The third kappa shape index (κ3) is 3.76. The van der Waals surface area contributed by atoms with Crippen molar-refractivity contribution in [2.24, 2.45) is 0 Å². The Hall–Kier alpha value is -3.91. The first-order valence-electron chi connectivity index (χ1n) is 10.7. The summed E-state index contributed by atoms with van der Waals surface area (Å²) in [7, 11) is 1.37. The van der Waals surface area contributed by atoms with Gasteiger partial charge in [-0.05, 0) is 60.9 Å². The van der Waals surface area contributed by atoms with E-state index in [9.17, 15) is 9.59 Å². The van der Waals surface area contributed by atoms with Crippen LogP contribution in [0.25, 0.3) is 22.4 Å². The van der Waals surface area contributed by atoms with Crippen molar-refractivity contribution in [3.05, 3.63) is 99.3 Å². The van der Waals surface area contributed by atoms with Gasteiger partial charge in [-0.25, -0.2) is 9.36 Å². The highest BCUT2D eigenvalue weighted by molar-refractivity contribution is 7.98. The molecule has 0 amide bonds. The first kappa shape index (κ1) is 21.9. The summed E-state index contributed by atoms with van der Waals surface area (Å²) in [5.41, 5.74) is 5.00. The van der Waals surface area contributed by atoms with E-state index in [2.05, 4.69) is 10.2 Å². The second-order valence-electron chi connectivity index (χ2n) is 8.04. The normalized spacial score (nSPS) is 11.3. The van der Waals surface area contributed by atoms with Gasteiger partial charge < -0.3 is 4.74 Å². The molecule has 0 saturated heterocycles. The van der Waals surface area contributed by atoms with Crippen molar-refractivity contribution >= 4 is 34.4 Å². The minimum absolute atomic E-state index is 0.126. The maximum atomic E-state index is 13.5. The highest BCUT2D eigenvalue weighted by Crippen LogP contribution is 2.27. The Balaban J connectivity index is 1.62. The molecular formula is C26H22N4O3S. The van der Waals surface area contributed by atoms with Crippen LogP contribution in [0.3, 0.4) is 0 Å². The van der Waals surface area contributed by atoms with Gasteiger partial charge in [-0.1, -0.05) is 48.2 Å². The average molecular weight is 471 g/mol. The summed E-state index contributed by atoms with van der Waals surface area (Å²) in [6.07, 6.45) is 0. The van der Waals surface area contributed by atoms with Crippen LogP contribution in [0.2, 0.25) is 0 Å². The minimum atomic E-state index is -0.362. The lowest BCUT2D eigenvalue weighted by atomic mass is 10.1. The van der Waals surface area contributed by atoms with Gasteiger partial charge >= 0.3 is 5.97 Å². The van der Waals surface area contributed by atoms with Crippen molar-refractivity contribution in [1.82, 2.24) is 19.2 Å². The Kier molecular flexibility index (Phi) is 5.67. The predicted octanol–water partition coefficient (Wildman–Crippen LogP) is 4.73. The number of hydrogen-bond acceptors (Lipinski definition) is 6. The van der Waals surface area contributed by atoms with E-state index in [4.69, 9.17) is 4.74 Å². The summed E-state index contributed by atoms with van der Waals surface area (Å²) in [5, 5.41) is 10.2. The number of methoxy groups -OCH3 is 1. The molecule has 170 valence electrons. The second-order valence-corrected chi connectivity index (χ2v) is 8.99. The smallest absolute Gasteiger partial charge is 0.337 e. The molecule has 2 aromatic heterocycles. The van der Waals surface area contributed by atoms with Crippen LogP contribution in [0.5, 0.6) is 0 Å². The maximum absolute atomic E-state index is 13.5. The van der Waals surface area contributed by atoms with Gasteiger partial charge in [0.05, 0.1) is 29.3 Å². The highest BCUT2D eigenvalue weighted by Gasteiger charge is 2.19. The standard InChI is InChI=1S/C26H22N4O3S/c1-16-8-9-17(2)22(14-16)29-23(31)20-6-4-5-7-21(20)30-25(29)27-28-26(30)34-15-18-10-12-19(13-11-18)24(32)33-3/h4-14H,15H2,1-3H3. The number of ether oxygens (including phenoxy) is 1. The monoisotopic (exact) mass is 470 g/mol. The molecule has 3 aromatic carbocycles. The molecule has 0 bridgehead atoms. The lowest BCUT2D eigenvalue weighted by molar-refractivity contribution is 0.0600. The van der Waals surface area contributed by atoms with Crippen LogP contribution in [0.4, 0.5) is 0 Å². The van der Waals surface area contributed by atoms with E-state index in [0.29, 0.717) is 27.6 Å². The lowest BCUT2D eigenvalue weighted by Gasteiger charge is -2.14.